The standard InChI is InChI=1S/C24H20BrN3O4/c1-31-21-12-22(32-2)18(25)11-15(21)13-26-27-23(29)14-28-19-9-5-3-7-16(19)24(30)17-8-4-6-10-20(17)28/h3-13H,14H2,1-2H3,(H,27,29). The fraction of sp³-hybridized carbons (Fsp3) is 0.125. The first-order valence-corrected chi connectivity index (χ1v) is 10.6. The average molecular weight is 494 g/mol. The van der Waals surface area contributed by atoms with Crippen LogP contribution in [0, 0.1) is 0 Å². The van der Waals surface area contributed by atoms with Crippen LogP contribution in [0.3, 0.4) is 0 Å². The van der Waals surface area contributed by atoms with Crippen molar-refractivity contribution < 1.29 is 14.3 Å². The third-order valence-electron chi connectivity index (χ3n) is 5.08. The molecule has 1 amide bonds. The Bertz CT molecular complexity index is 1350. The number of benzene rings is 3. The van der Waals surface area contributed by atoms with Crippen molar-refractivity contribution in [3.63, 3.8) is 0 Å². The summed E-state index contributed by atoms with van der Waals surface area (Å²) in [4.78, 5) is 25.5. The van der Waals surface area contributed by atoms with Gasteiger partial charge >= 0.3 is 0 Å². The molecule has 0 unspecified atom stereocenters. The van der Waals surface area contributed by atoms with Gasteiger partial charge in [-0.15, -0.1) is 0 Å². The van der Waals surface area contributed by atoms with Gasteiger partial charge < -0.3 is 14.0 Å². The first-order valence-electron chi connectivity index (χ1n) is 9.77. The number of pyridine rings is 1. The lowest BCUT2D eigenvalue weighted by Crippen LogP contribution is -2.25. The maximum absolute atomic E-state index is 12.8. The molecule has 0 saturated heterocycles. The summed E-state index contributed by atoms with van der Waals surface area (Å²) < 4.78 is 13.2. The number of rotatable bonds is 6. The molecular weight excluding hydrogens is 474 g/mol. The van der Waals surface area contributed by atoms with Crippen LogP contribution in [0.15, 0.2) is 75.0 Å². The molecule has 0 bridgehead atoms. The van der Waals surface area contributed by atoms with E-state index in [1.54, 1.807) is 38.5 Å². The molecule has 4 aromatic rings. The van der Waals surface area contributed by atoms with Gasteiger partial charge in [0.25, 0.3) is 5.91 Å². The number of hydrogen-bond acceptors (Lipinski definition) is 5. The highest BCUT2D eigenvalue weighted by Gasteiger charge is 2.13. The Kier molecular flexibility index (Phi) is 6.23. The molecule has 0 atom stereocenters. The lowest BCUT2D eigenvalue weighted by atomic mass is 10.1. The predicted molar refractivity (Wildman–Crippen MR) is 129 cm³/mol. The second kappa shape index (κ2) is 9.23. The first kappa shape index (κ1) is 21.6. The molecule has 0 spiro atoms. The molecule has 0 radical (unpaired) electrons. The van der Waals surface area contributed by atoms with Crippen molar-refractivity contribution in [3.05, 3.63) is 80.9 Å². The molecule has 1 heterocycles. The number of fused-ring (bicyclic) bond motifs is 2. The number of carbonyl (C=O) groups excluding carboxylic acids is 1. The molecule has 1 N–H and O–H groups in total. The Hall–Kier alpha value is -3.65. The van der Waals surface area contributed by atoms with E-state index in [1.165, 1.54) is 6.21 Å². The normalized spacial score (nSPS) is 11.2. The predicted octanol–water partition coefficient (Wildman–Crippen LogP) is 4.08. The van der Waals surface area contributed by atoms with E-state index in [2.05, 4.69) is 26.5 Å². The lowest BCUT2D eigenvalue weighted by molar-refractivity contribution is -0.121. The summed E-state index contributed by atoms with van der Waals surface area (Å²) in [7, 11) is 3.11. The summed E-state index contributed by atoms with van der Waals surface area (Å²) in [6, 6.07) is 18.0. The van der Waals surface area contributed by atoms with E-state index in [9.17, 15) is 9.59 Å². The van der Waals surface area contributed by atoms with Gasteiger partial charge in [-0.25, -0.2) is 5.43 Å². The highest BCUT2D eigenvalue weighted by molar-refractivity contribution is 9.10. The minimum atomic E-state index is -0.327. The quantitative estimate of drug-likeness (QED) is 0.249. The van der Waals surface area contributed by atoms with E-state index < -0.39 is 0 Å². The van der Waals surface area contributed by atoms with Gasteiger partial charge in [0.15, 0.2) is 5.43 Å². The summed E-state index contributed by atoms with van der Waals surface area (Å²) in [6.07, 6.45) is 1.50. The Morgan fingerprint density at radius 3 is 2.19 bits per heavy atom. The largest absolute Gasteiger partial charge is 0.496 e. The van der Waals surface area contributed by atoms with Crippen molar-refractivity contribution in [1.29, 1.82) is 0 Å². The topological polar surface area (TPSA) is 81.9 Å². The molecule has 8 heteroatoms. The van der Waals surface area contributed by atoms with Crippen LogP contribution in [-0.2, 0) is 11.3 Å². The fourth-order valence-corrected chi connectivity index (χ4v) is 4.11. The van der Waals surface area contributed by atoms with E-state index in [0.717, 1.165) is 4.47 Å². The van der Waals surface area contributed by atoms with Gasteiger partial charge in [-0.3, -0.25) is 9.59 Å². The van der Waals surface area contributed by atoms with Crippen molar-refractivity contribution in [3.8, 4) is 11.5 Å². The molecule has 4 rings (SSSR count). The SMILES string of the molecule is COc1cc(OC)c(C=NNC(=O)Cn2c3ccccc3c(=O)c3ccccc32)cc1Br. The highest BCUT2D eigenvalue weighted by Crippen LogP contribution is 2.31. The Morgan fingerprint density at radius 2 is 1.59 bits per heavy atom. The summed E-state index contributed by atoms with van der Waals surface area (Å²) in [5.41, 5.74) is 4.55. The molecule has 1 aromatic heterocycles. The van der Waals surface area contributed by atoms with Gasteiger partial charge in [0.05, 0.1) is 35.9 Å². The summed E-state index contributed by atoms with van der Waals surface area (Å²) >= 11 is 3.43. The van der Waals surface area contributed by atoms with Crippen LogP contribution < -0.4 is 20.3 Å². The molecule has 32 heavy (non-hydrogen) atoms. The van der Waals surface area contributed by atoms with E-state index in [4.69, 9.17) is 9.47 Å². The van der Waals surface area contributed by atoms with Crippen LogP contribution in [0.2, 0.25) is 0 Å². The highest BCUT2D eigenvalue weighted by atomic mass is 79.9. The molecule has 7 nitrogen and oxygen atoms in total. The van der Waals surface area contributed by atoms with Crippen LogP contribution in [0.25, 0.3) is 21.8 Å². The number of nitrogens with zero attached hydrogens (tertiary/aromatic N) is 2. The number of para-hydroxylation sites is 2. The Morgan fingerprint density at radius 1 is 1.00 bits per heavy atom. The number of halogens is 1. The smallest absolute Gasteiger partial charge is 0.260 e. The maximum atomic E-state index is 12.8. The van der Waals surface area contributed by atoms with Crippen molar-refractivity contribution in [2.45, 2.75) is 6.54 Å². The number of methoxy groups -OCH3 is 2. The zero-order valence-electron chi connectivity index (χ0n) is 17.5. The average Bonchev–Trinajstić information content (AvgIpc) is 2.82. The van der Waals surface area contributed by atoms with Crippen molar-refractivity contribution >= 4 is 49.9 Å². The number of hydrogen-bond donors (Lipinski definition) is 1. The number of ether oxygens (including phenoxy) is 2. The number of amides is 1. The first-order chi connectivity index (χ1) is 15.5. The van der Waals surface area contributed by atoms with Gasteiger partial charge in [0, 0.05) is 22.4 Å². The van der Waals surface area contributed by atoms with Crippen molar-refractivity contribution in [2.75, 3.05) is 14.2 Å². The molecule has 0 aliphatic heterocycles. The molecule has 0 aliphatic carbocycles. The Labute approximate surface area is 192 Å². The molecule has 0 saturated carbocycles. The van der Waals surface area contributed by atoms with Gasteiger partial charge in [0.2, 0.25) is 0 Å². The monoisotopic (exact) mass is 493 g/mol. The zero-order chi connectivity index (χ0) is 22.7. The summed E-state index contributed by atoms with van der Waals surface area (Å²) in [5.74, 6) is 0.854. The van der Waals surface area contributed by atoms with Gasteiger partial charge in [0.1, 0.15) is 18.0 Å². The minimum Gasteiger partial charge on any atom is -0.496 e. The third-order valence-corrected chi connectivity index (χ3v) is 5.70. The van der Waals surface area contributed by atoms with E-state index >= 15 is 0 Å². The van der Waals surface area contributed by atoms with Crippen LogP contribution in [0.4, 0.5) is 0 Å². The molecule has 162 valence electrons. The minimum absolute atomic E-state index is 0.00207. The molecular formula is C24H20BrN3O4. The van der Waals surface area contributed by atoms with Crippen LogP contribution in [0.1, 0.15) is 5.56 Å². The van der Waals surface area contributed by atoms with Crippen LogP contribution >= 0.6 is 15.9 Å². The number of nitrogens with one attached hydrogen (secondary N) is 1. The van der Waals surface area contributed by atoms with E-state index in [-0.39, 0.29) is 17.9 Å². The van der Waals surface area contributed by atoms with Crippen molar-refractivity contribution in [2.24, 2.45) is 5.10 Å². The zero-order valence-corrected chi connectivity index (χ0v) is 19.0. The third kappa shape index (κ3) is 4.09. The lowest BCUT2D eigenvalue weighted by Gasteiger charge is -2.14. The van der Waals surface area contributed by atoms with E-state index in [1.807, 2.05) is 41.0 Å². The van der Waals surface area contributed by atoms with Crippen molar-refractivity contribution in [1.82, 2.24) is 9.99 Å². The molecule has 0 fully saturated rings. The summed E-state index contributed by atoms with van der Waals surface area (Å²) in [5, 5.41) is 5.21. The van der Waals surface area contributed by atoms with Gasteiger partial charge in [-0.1, -0.05) is 24.3 Å². The van der Waals surface area contributed by atoms with Gasteiger partial charge in [-0.05, 0) is 46.3 Å². The maximum Gasteiger partial charge on any atom is 0.260 e. The molecule has 0 aliphatic rings. The second-order valence-electron chi connectivity index (χ2n) is 6.97. The van der Waals surface area contributed by atoms with Gasteiger partial charge in [-0.2, -0.15) is 5.10 Å². The number of carbonyl (C=O) groups is 1. The van der Waals surface area contributed by atoms with Crippen LogP contribution in [-0.4, -0.2) is 30.9 Å². The second-order valence-corrected chi connectivity index (χ2v) is 7.83. The molecule has 3 aromatic carbocycles. The Balaban J connectivity index is 1.62. The number of aromatic nitrogens is 1. The number of hydrazone groups is 1. The summed E-state index contributed by atoms with van der Waals surface area (Å²) in [6.45, 7) is 0.00207. The van der Waals surface area contributed by atoms with Crippen LogP contribution in [0.5, 0.6) is 11.5 Å². The van der Waals surface area contributed by atoms with E-state index in [0.29, 0.717) is 38.9 Å². The fourth-order valence-electron chi connectivity index (χ4n) is 3.58.